The predicted octanol–water partition coefficient (Wildman–Crippen LogP) is 3.92. The largest absolute Gasteiger partial charge is 0.356 e. The van der Waals surface area contributed by atoms with Crippen molar-refractivity contribution in [2.45, 2.75) is 38.6 Å². The van der Waals surface area contributed by atoms with E-state index >= 15 is 0 Å². The molecule has 4 rings (SSSR count). The quantitative estimate of drug-likeness (QED) is 0.620. The number of nitrogens with one attached hydrogen (secondary N) is 1. The maximum Gasteiger partial charge on any atom is 0.246 e. The third-order valence-electron chi connectivity index (χ3n) is 5.72. The molecule has 0 bridgehead atoms. The van der Waals surface area contributed by atoms with Crippen molar-refractivity contribution in [3.63, 3.8) is 0 Å². The normalized spacial score (nSPS) is 16.7. The lowest BCUT2D eigenvalue weighted by atomic mass is 9.98. The van der Waals surface area contributed by atoms with Crippen LogP contribution in [0.15, 0.2) is 60.8 Å². The fourth-order valence-electron chi connectivity index (χ4n) is 4.23. The van der Waals surface area contributed by atoms with Crippen LogP contribution in [-0.4, -0.2) is 45.5 Å². The average molecular weight is 417 g/mol. The average Bonchev–Trinajstić information content (AvgIpc) is 3.17. The van der Waals surface area contributed by atoms with Gasteiger partial charge in [0.25, 0.3) is 0 Å². The molecule has 3 aromatic rings. The highest BCUT2D eigenvalue weighted by molar-refractivity contribution is 5.95. The van der Waals surface area contributed by atoms with Crippen molar-refractivity contribution in [1.29, 1.82) is 0 Å². The molecule has 1 fully saturated rings. The molecule has 2 amide bonds. The molecule has 2 aromatic heterocycles. The van der Waals surface area contributed by atoms with Crippen molar-refractivity contribution in [2.24, 2.45) is 0 Å². The van der Waals surface area contributed by atoms with Crippen LogP contribution < -0.4 is 5.32 Å². The van der Waals surface area contributed by atoms with Crippen LogP contribution in [0.2, 0.25) is 0 Å². The Morgan fingerprint density at radius 1 is 1.13 bits per heavy atom. The third kappa shape index (κ3) is 4.68. The summed E-state index contributed by atoms with van der Waals surface area (Å²) < 4.78 is 1.84. The fraction of sp³-hybridized carbons (Fsp3) is 0.320. The number of hydrogen-bond acceptors (Lipinski definition) is 3. The minimum atomic E-state index is -0.0525. The first-order chi connectivity index (χ1) is 15.2. The van der Waals surface area contributed by atoms with E-state index in [0.29, 0.717) is 19.5 Å². The van der Waals surface area contributed by atoms with Gasteiger partial charge in [-0.05, 0) is 44.4 Å². The second-order valence-electron chi connectivity index (χ2n) is 7.83. The Morgan fingerprint density at radius 2 is 1.94 bits per heavy atom. The van der Waals surface area contributed by atoms with E-state index in [4.69, 9.17) is 5.10 Å². The zero-order chi connectivity index (χ0) is 21.6. The summed E-state index contributed by atoms with van der Waals surface area (Å²) in [6.07, 6.45) is 8.65. The number of carbonyl (C=O) groups is 2. The molecule has 0 saturated carbocycles. The Morgan fingerprint density at radius 3 is 2.74 bits per heavy atom. The molecule has 1 saturated heterocycles. The van der Waals surface area contributed by atoms with Crippen LogP contribution >= 0.6 is 0 Å². The number of nitrogens with zero attached hydrogens (tertiary/aromatic N) is 3. The molecule has 6 heteroatoms. The first-order valence-electron chi connectivity index (χ1n) is 11.0. The van der Waals surface area contributed by atoms with E-state index < -0.39 is 0 Å². The molecule has 6 nitrogen and oxygen atoms in total. The molecular weight excluding hydrogens is 388 g/mol. The lowest BCUT2D eigenvalue weighted by molar-refractivity contribution is -0.131. The van der Waals surface area contributed by atoms with E-state index in [1.54, 1.807) is 6.08 Å². The van der Waals surface area contributed by atoms with Crippen molar-refractivity contribution in [3.05, 3.63) is 66.4 Å². The molecule has 3 heterocycles. The molecule has 160 valence electrons. The SMILES string of the molecule is CCNC(=O)C[C@H]1CCCCN1C(=O)/C=C/c1c(-c2ccccc2)nn2ccccc12. The molecule has 1 aliphatic heterocycles. The van der Waals surface area contributed by atoms with Gasteiger partial charge >= 0.3 is 0 Å². The van der Waals surface area contributed by atoms with Crippen LogP contribution in [0.1, 0.15) is 38.2 Å². The number of piperidine rings is 1. The molecule has 1 atom stereocenters. The lowest BCUT2D eigenvalue weighted by Crippen LogP contribution is -2.45. The van der Waals surface area contributed by atoms with Crippen LogP contribution in [0, 0.1) is 0 Å². The summed E-state index contributed by atoms with van der Waals surface area (Å²) in [5.41, 5.74) is 3.71. The van der Waals surface area contributed by atoms with Crippen LogP contribution in [0.5, 0.6) is 0 Å². The first kappa shape index (κ1) is 20.8. The van der Waals surface area contributed by atoms with Gasteiger partial charge in [-0.1, -0.05) is 36.4 Å². The summed E-state index contributed by atoms with van der Waals surface area (Å²) in [5, 5.41) is 7.58. The van der Waals surface area contributed by atoms with E-state index in [2.05, 4.69) is 5.32 Å². The second-order valence-corrected chi connectivity index (χ2v) is 7.83. The number of amides is 2. The number of likely N-dealkylation sites (tertiary alicyclic amines) is 1. The molecule has 0 unspecified atom stereocenters. The molecule has 1 N–H and O–H groups in total. The van der Waals surface area contributed by atoms with E-state index in [0.717, 1.165) is 41.6 Å². The molecule has 31 heavy (non-hydrogen) atoms. The number of rotatable bonds is 6. The Kier molecular flexibility index (Phi) is 6.46. The predicted molar refractivity (Wildman–Crippen MR) is 122 cm³/mol. The Labute approximate surface area is 182 Å². The van der Waals surface area contributed by atoms with E-state index in [1.165, 1.54) is 0 Å². The number of benzene rings is 1. The number of aromatic nitrogens is 2. The van der Waals surface area contributed by atoms with Crippen molar-refractivity contribution in [3.8, 4) is 11.3 Å². The smallest absolute Gasteiger partial charge is 0.246 e. The summed E-state index contributed by atoms with van der Waals surface area (Å²) in [6, 6.07) is 15.9. The van der Waals surface area contributed by atoms with Gasteiger partial charge in [-0.25, -0.2) is 4.52 Å². The zero-order valence-corrected chi connectivity index (χ0v) is 17.8. The third-order valence-corrected chi connectivity index (χ3v) is 5.72. The second kappa shape index (κ2) is 9.60. The highest BCUT2D eigenvalue weighted by Gasteiger charge is 2.27. The van der Waals surface area contributed by atoms with Gasteiger partial charge in [0.15, 0.2) is 0 Å². The highest BCUT2D eigenvalue weighted by Crippen LogP contribution is 2.28. The van der Waals surface area contributed by atoms with Gasteiger partial charge in [-0.2, -0.15) is 5.10 Å². The highest BCUT2D eigenvalue weighted by atomic mass is 16.2. The van der Waals surface area contributed by atoms with Gasteiger partial charge < -0.3 is 10.2 Å². The van der Waals surface area contributed by atoms with Crippen LogP contribution in [0.4, 0.5) is 0 Å². The molecule has 1 aromatic carbocycles. The standard InChI is InChI=1S/C25H28N4O2/c1-2-26-23(30)18-20-12-6-8-16-28(20)24(31)15-14-21-22-13-7-9-17-29(22)27-25(21)19-10-4-3-5-11-19/h3-5,7,9-11,13-15,17,20H,2,6,8,12,16,18H2,1H3,(H,26,30)/b15-14+/t20-/m1/s1. The Hall–Kier alpha value is -3.41. The van der Waals surface area contributed by atoms with Crippen molar-refractivity contribution in [2.75, 3.05) is 13.1 Å². The Bertz CT molecular complexity index is 1090. The van der Waals surface area contributed by atoms with Crippen LogP contribution in [-0.2, 0) is 9.59 Å². The molecular formula is C25H28N4O2. The van der Waals surface area contributed by atoms with E-state index in [-0.39, 0.29) is 17.9 Å². The monoisotopic (exact) mass is 416 g/mol. The van der Waals surface area contributed by atoms with Gasteiger partial charge in [0.05, 0.1) is 5.52 Å². The van der Waals surface area contributed by atoms with Gasteiger partial charge in [0, 0.05) is 49.0 Å². The van der Waals surface area contributed by atoms with Crippen LogP contribution in [0.25, 0.3) is 22.9 Å². The van der Waals surface area contributed by atoms with Crippen molar-refractivity contribution < 1.29 is 9.59 Å². The number of pyridine rings is 1. The van der Waals surface area contributed by atoms with Gasteiger partial charge in [-0.3, -0.25) is 9.59 Å². The first-order valence-corrected chi connectivity index (χ1v) is 11.0. The fourth-order valence-corrected chi connectivity index (χ4v) is 4.23. The summed E-state index contributed by atoms with van der Waals surface area (Å²) in [7, 11) is 0. The topological polar surface area (TPSA) is 66.7 Å². The molecule has 0 spiro atoms. The Balaban J connectivity index is 1.61. The molecule has 1 aliphatic rings. The number of carbonyl (C=O) groups excluding carboxylic acids is 2. The summed E-state index contributed by atoms with van der Waals surface area (Å²) in [5.74, 6) is -0.0477. The minimum Gasteiger partial charge on any atom is -0.356 e. The maximum absolute atomic E-state index is 13.1. The maximum atomic E-state index is 13.1. The van der Waals surface area contributed by atoms with Gasteiger partial charge in [0.2, 0.25) is 11.8 Å². The zero-order valence-electron chi connectivity index (χ0n) is 17.8. The summed E-state index contributed by atoms with van der Waals surface area (Å²) in [6.45, 7) is 3.20. The minimum absolute atomic E-state index is 0.00479. The lowest BCUT2D eigenvalue weighted by Gasteiger charge is -2.34. The molecule has 0 radical (unpaired) electrons. The van der Waals surface area contributed by atoms with Gasteiger partial charge in [-0.15, -0.1) is 0 Å². The van der Waals surface area contributed by atoms with E-state index in [9.17, 15) is 9.59 Å². The van der Waals surface area contributed by atoms with Crippen LogP contribution in [0.3, 0.4) is 0 Å². The number of hydrogen-bond donors (Lipinski definition) is 1. The summed E-state index contributed by atoms with van der Waals surface area (Å²) >= 11 is 0. The van der Waals surface area contributed by atoms with Crippen molar-refractivity contribution in [1.82, 2.24) is 19.8 Å². The molecule has 0 aliphatic carbocycles. The van der Waals surface area contributed by atoms with E-state index in [1.807, 2.05) is 77.1 Å². The van der Waals surface area contributed by atoms with Crippen molar-refractivity contribution >= 4 is 23.4 Å². The number of fused-ring (bicyclic) bond motifs is 1. The summed E-state index contributed by atoms with van der Waals surface area (Å²) in [4.78, 5) is 27.1. The van der Waals surface area contributed by atoms with Gasteiger partial charge in [0.1, 0.15) is 5.69 Å².